The highest BCUT2D eigenvalue weighted by Crippen LogP contribution is 2.28. The molecule has 1 aliphatic carbocycles. The summed E-state index contributed by atoms with van der Waals surface area (Å²) in [6.45, 7) is 3.39. The first kappa shape index (κ1) is 15.8. The lowest BCUT2D eigenvalue weighted by Crippen LogP contribution is -2.52. The standard InChI is InChI=1S/C17H28N2O3/c20-16(8-7-14-4-1-2-5-14)18-9-11-19(12-10-18)17(21)15-6-3-13-22-15/h14-15H,1-13H2. The van der Waals surface area contributed by atoms with E-state index in [1.807, 2.05) is 9.80 Å². The molecule has 1 saturated carbocycles. The van der Waals surface area contributed by atoms with Crippen LogP contribution in [0.3, 0.4) is 0 Å². The number of carbonyl (C=O) groups excluding carboxylic acids is 2. The van der Waals surface area contributed by atoms with E-state index < -0.39 is 0 Å². The second-order valence-electron chi connectivity index (χ2n) is 6.90. The van der Waals surface area contributed by atoms with E-state index in [9.17, 15) is 9.59 Å². The first-order valence-electron chi connectivity index (χ1n) is 8.92. The zero-order chi connectivity index (χ0) is 15.4. The van der Waals surface area contributed by atoms with Crippen molar-refractivity contribution in [1.29, 1.82) is 0 Å². The lowest BCUT2D eigenvalue weighted by Gasteiger charge is -2.36. The van der Waals surface area contributed by atoms with E-state index in [0.29, 0.717) is 39.2 Å². The maximum Gasteiger partial charge on any atom is 0.251 e. The van der Waals surface area contributed by atoms with Gasteiger partial charge in [-0.05, 0) is 25.2 Å². The van der Waals surface area contributed by atoms with Crippen molar-refractivity contribution >= 4 is 11.8 Å². The third-order valence-electron chi connectivity index (χ3n) is 5.39. The second-order valence-corrected chi connectivity index (χ2v) is 6.90. The molecule has 0 aromatic rings. The first-order valence-corrected chi connectivity index (χ1v) is 8.92. The smallest absolute Gasteiger partial charge is 0.251 e. The van der Waals surface area contributed by atoms with Gasteiger partial charge >= 0.3 is 0 Å². The van der Waals surface area contributed by atoms with E-state index in [1.54, 1.807) is 0 Å². The summed E-state index contributed by atoms with van der Waals surface area (Å²) in [5.74, 6) is 1.16. The Morgan fingerprint density at radius 1 is 0.909 bits per heavy atom. The molecular weight excluding hydrogens is 280 g/mol. The molecule has 1 atom stereocenters. The predicted octanol–water partition coefficient (Wildman–Crippen LogP) is 1.81. The Morgan fingerprint density at radius 2 is 1.59 bits per heavy atom. The number of amides is 2. The van der Waals surface area contributed by atoms with Gasteiger partial charge in [0.15, 0.2) is 0 Å². The first-order chi connectivity index (χ1) is 10.7. The van der Waals surface area contributed by atoms with Gasteiger partial charge in [-0.25, -0.2) is 0 Å². The van der Waals surface area contributed by atoms with Gasteiger partial charge in [0.05, 0.1) is 0 Å². The number of ether oxygens (including phenoxy) is 1. The molecule has 2 amide bonds. The van der Waals surface area contributed by atoms with Crippen molar-refractivity contribution in [3.63, 3.8) is 0 Å². The van der Waals surface area contributed by atoms with E-state index in [-0.39, 0.29) is 17.9 Å². The summed E-state index contributed by atoms with van der Waals surface area (Å²) < 4.78 is 5.47. The Bertz CT molecular complexity index is 393. The number of piperazine rings is 1. The molecule has 0 aromatic carbocycles. The number of carbonyl (C=O) groups is 2. The SMILES string of the molecule is O=C(CCC1CCCC1)N1CCN(C(=O)C2CCCO2)CC1. The van der Waals surface area contributed by atoms with Gasteiger partial charge < -0.3 is 14.5 Å². The summed E-state index contributed by atoms with van der Waals surface area (Å²) in [5.41, 5.74) is 0. The molecule has 5 nitrogen and oxygen atoms in total. The lowest BCUT2D eigenvalue weighted by molar-refractivity contribution is -0.146. The molecule has 2 heterocycles. The van der Waals surface area contributed by atoms with E-state index in [2.05, 4.69) is 0 Å². The highest BCUT2D eigenvalue weighted by atomic mass is 16.5. The molecule has 3 rings (SSSR count). The van der Waals surface area contributed by atoms with Crippen molar-refractivity contribution in [3.8, 4) is 0 Å². The molecule has 0 N–H and O–H groups in total. The zero-order valence-corrected chi connectivity index (χ0v) is 13.5. The average molecular weight is 308 g/mol. The van der Waals surface area contributed by atoms with Crippen molar-refractivity contribution in [1.82, 2.24) is 9.80 Å². The number of hydrogen-bond donors (Lipinski definition) is 0. The van der Waals surface area contributed by atoms with Gasteiger partial charge in [-0.15, -0.1) is 0 Å². The van der Waals surface area contributed by atoms with Crippen LogP contribution < -0.4 is 0 Å². The summed E-state index contributed by atoms with van der Waals surface area (Å²) in [6.07, 6.45) is 8.61. The molecular formula is C17H28N2O3. The van der Waals surface area contributed by atoms with E-state index >= 15 is 0 Å². The van der Waals surface area contributed by atoms with Crippen LogP contribution in [-0.2, 0) is 14.3 Å². The molecule has 0 spiro atoms. The monoisotopic (exact) mass is 308 g/mol. The van der Waals surface area contributed by atoms with Crippen molar-refractivity contribution in [2.75, 3.05) is 32.8 Å². The molecule has 0 radical (unpaired) electrons. The third kappa shape index (κ3) is 3.80. The van der Waals surface area contributed by atoms with Crippen LogP contribution >= 0.6 is 0 Å². The molecule has 22 heavy (non-hydrogen) atoms. The summed E-state index contributed by atoms with van der Waals surface area (Å²) in [6, 6.07) is 0. The summed E-state index contributed by atoms with van der Waals surface area (Å²) in [4.78, 5) is 28.4. The van der Waals surface area contributed by atoms with Crippen LogP contribution in [0, 0.1) is 5.92 Å². The van der Waals surface area contributed by atoms with Crippen LogP contribution in [0.15, 0.2) is 0 Å². The normalized spacial score (nSPS) is 26.6. The van der Waals surface area contributed by atoms with Crippen LogP contribution in [0.25, 0.3) is 0 Å². The molecule has 5 heteroatoms. The topological polar surface area (TPSA) is 49.9 Å². The maximum atomic E-state index is 12.3. The van der Waals surface area contributed by atoms with Gasteiger partial charge in [0, 0.05) is 39.2 Å². The Kier molecular flexibility index (Phi) is 5.34. The molecule has 2 aliphatic heterocycles. The predicted molar refractivity (Wildman–Crippen MR) is 83.3 cm³/mol. The molecule has 0 aromatic heterocycles. The van der Waals surface area contributed by atoms with Crippen molar-refractivity contribution < 1.29 is 14.3 Å². The Labute approximate surface area is 133 Å². The Hall–Kier alpha value is -1.10. The van der Waals surface area contributed by atoms with Gasteiger partial charge in [-0.3, -0.25) is 9.59 Å². The van der Waals surface area contributed by atoms with Crippen LogP contribution in [0.4, 0.5) is 0 Å². The molecule has 1 unspecified atom stereocenters. The van der Waals surface area contributed by atoms with Crippen LogP contribution in [0.2, 0.25) is 0 Å². The van der Waals surface area contributed by atoms with Gasteiger partial charge in [0.1, 0.15) is 6.10 Å². The van der Waals surface area contributed by atoms with Crippen molar-refractivity contribution in [3.05, 3.63) is 0 Å². The minimum absolute atomic E-state index is 0.121. The summed E-state index contributed by atoms with van der Waals surface area (Å²) >= 11 is 0. The fourth-order valence-electron chi connectivity index (χ4n) is 3.94. The molecule has 2 saturated heterocycles. The zero-order valence-electron chi connectivity index (χ0n) is 13.5. The van der Waals surface area contributed by atoms with Crippen molar-refractivity contribution in [2.24, 2.45) is 5.92 Å². The molecule has 3 aliphatic rings. The number of nitrogens with zero attached hydrogens (tertiary/aromatic N) is 2. The third-order valence-corrected chi connectivity index (χ3v) is 5.39. The van der Waals surface area contributed by atoms with Crippen LogP contribution in [-0.4, -0.2) is 60.5 Å². The Morgan fingerprint density at radius 3 is 2.23 bits per heavy atom. The summed E-state index contributed by atoms with van der Waals surface area (Å²) in [7, 11) is 0. The highest BCUT2D eigenvalue weighted by molar-refractivity contribution is 5.82. The van der Waals surface area contributed by atoms with Crippen LogP contribution in [0.5, 0.6) is 0 Å². The number of hydrogen-bond acceptors (Lipinski definition) is 3. The minimum Gasteiger partial charge on any atom is -0.368 e. The highest BCUT2D eigenvalue weighted by Gasteiger charge is 2.31. The van der Waals surface area contributed by atoms with Gasteiger partial charge in [-0.1, -0.05) is 25.7 Å². The summed E-state index contributed by atoms with van der Waals surface area (Å²) in [5, 5.41) is 0. The lowest BCUT2D eigenvalue weighted by atomic mass is 10.0. The Balaban J connectivity index is 1.38. The van der Waals surface area contributed by atoms with Crippen LogP contribution in [0.1, 0.15) is 51.4 Å². The maximum absolute atomic E-state index is 12.3. The number of rotatable bonds is 4. The molecule has 3 fully saturated rings. The van der Waals surface area contributed by atoms with Gasteiger partial charge in [-0.2, -0.15) is 0 Å². The van der Waals surface area contributed by atoms with E-state index in [1.165, 1.54) is 25.7 Å². The largest absolute Gasteiger partial charge is 0.368 e. The fourth-order valence-corrected chi connectivity index (χ4v) is 3.94. The molecule has 0 bridgehead atoms. The van der Waals surface area contributed by atoms with E-state index in [4.69, 9.17) is 4.74 Å². The minimum atomic E-state index is -0.232. The second kappa shape index (κ2) is 7.44. The van der Waals surface area contributed by atoms with Gasteiger partial charge in [0.2, 0.25) is 5.91 Å². The quantitative estimate of drug-likeness (QED) is 0.796. The fraction of sp³-hybridized carbons (Fsp3) is 0.882. The van der Waals surface area contributed by atoms with Crippen molar-refractivity contribution in [2.45, 2.75) is 57.5 Å². The molecule has 124 valence electrons. The van der Waals surface area contributed by atoms with E-state index in [0.717, 1.165) is 25.2 Å². The average Bonchev–Trinajstić information content (AvgIpc) is 3.25. The van der Waals surface area contributed by atoms with Gasteiger partial charge in [0.25, 0.3) is 5.91 Å².